The van der Waals surface area contributed by atoms with Gasteiger partial charge in [-0.2, -0.15) is 0 Å². The van der Waals surface area contributed by atoms with E-state index in [-0.39, 0.29) is 5.78 Å². The number of H-pyrrole nitrogens is 1. The summed E-state index contributed by atoms with van der Waals surface area (Å²) in [7, 11) is 0. The van der Waals surface area contributed by atoms with Crippen LogP contribution in [0.25, 0.3) is 11.0 Å². The zero-order valence-electron chi connectivity index (χ0n) is 10.3. The van der Waals surface area contributed by atoms with Crippen molar-refractivity contribution in [3.8, 4) is 0 Å². The number of aromatic amines is 1. The Morgan fingerprint density at radius 2 is 2.05 bits per heavy atom. The van der Waals surface area contributed by atoms with Crippen LogP contribution in [-0.4, -0.2) is 15.8 Å². The zero-order chi connectivity index (χ0) is 13.4. The standard InChI is InChI=1S/C15H11ClN2O/c1-9-6-11-12(8-18-15(11)17-7-9)14(19)10-4-2-3-5-13(10)16/h2-8H,1H3,(H,17,18). The fourth-order valence-electron chi connectivity index (χ4n) is 2.09. The molecule has 0 unspecified atom stereocenters. The van der Waals surface area contributed by atoms with Gasteiger partial charge in [-0.15, -0.1) is 0 Å². The average molecular weight is 271 g/mol. The van der Waals surface area contributed by atoms with Gasteiger partial charge in [0.05, 0.1) is 5.02 Å². The van der Waals surface area contributed by atoms with Crippen molar-refractivity contribution in [1.29, 1.82) is 0 Å². The number of ketones is 1. The van der Waals surface area contributed by atoms with Gasteiger partial charge in [0.25, 0.3) is 0 Å². The number of pyridine rings is 1. The predicted octanol–water partition coefficient (Wildman–Crippen LogP) is 3.76. The van der Waals surface area contributed by atoms with Gasteiger partial charge in [0.1, 0.15) is 5.65 Å². The minimum Gasteiger partial charge on any atom is -0.345 e. The molecular formula is C15H11ClN2O. The maximum atomic E-state index is 12.5. The molecule has 3 nitrogen and oxygen atoms in total. The van der Waals surface area contributed by atoms with Crippen LogP contribution in [0.1, 0.15) is 21.5 Å². The maximum Gasteiger partial charge on any atom is 0.196 e. The number of carbonyl (C=O) groups excluding carboxylic acids is 1. The highest BCUT2D eigenvalue weighted by Crippen LogP contribution is 2.24. The van der Waals surface area contributed by atoms with Crippen molar-refractivity contribution in [2.24, 2.45) is 0 Å². The first kappa shape index (κ1) is 11.9. The largest absolute Gasteiger partial charge is 0.345 e. The molecule has 3 aromatic rings. The second kappa shape index (κ2) is 4.52. The smallest absolute Gasteiger partial charge is 0.196 e. The van der Waals surface area contributed by atoms with E-state index >= 15 is 0 Å². The SMILES string of the molecule is Cc1cnc2[nH]cc(C(=O)c3ccccc3Cl)c2c1. The molecule has 0 fully saturated rings. The summed E-state index contributed by atoms with van der Waals surface area (Å²) in [5, 5.41) is 1.28. The second-order valence-electron chi connectivity index (χ2n) is 4.42. The molecule has 1 N–H and O–H groups in total. The fraction of sp³-hybridized carbons (Fsp3) is 0.0667. The number of hydrogen-bond acceptors (Lipinski definition) is 2. The van der Waals surface area contributed by atoms with Crippen LogP contribution in [0.15, 0.2) is 42.7 Å². The highest BCUT2D eigenvalue weighted by molar-refractivity contribution is 6.35. The lowest BCUT2D eigenvalue weighted by Crippen LogP contribution is -2.01. The third-order valence-corrected chi connectivity index (χ3v) is 3.36. The Labute approximate surface area is 115 Å². The van der Waals surface area contributed by atoms with Crippen LogP contribution in [0, 0.1) is 6.92 Å². The first-order chi connectivity index (χ1) is 9.16. The molecule has 0 atom stereocenters. The molecule has 0 bridgehead atoms. The van der Waals surface area contributed by atoms with Gasteiger partial charge in [-0.3, -0.25) is 4.79 Å². The number of aromatic nitrogens is 2. The Balaban J connectivity index is 2.17. The van der Waals surface area contributed by atoms with Crippen molar-refractivity contribution in [3.05, 3.63) is 64.4 Å². The molecule has 94 valence electrons. The normalized spacial score (nSPS) is 10.8. The lowest BCUT2D eigenvalue weighted by atomic mass is 10.0. The van der Waals surface area contributed by atoms with Crippen LogP contribution in [0.2, 0.25) is 5.02 Å². The number of rotatable bonds is 2. The molecule has 1 aromatic carbocycles. The van der Waals surface area contributed by atoms with Crippen molar-refractivity contribution >= 4 is 28.4 Å². The molecule has 0 spiro atoms. The highest BCUT2D eigenvalue weighted by atomic mass is 35.5. The monoisotopic (exact) mass is 270 g/mol. The highest BCUT2D eigenvalue weighted by Gasteiger charge is 2.16. The average Bonchev–Trinajstić information content (AvgIpc) is 2.81. The maximum absolute atomic E-state index is 12.5. The van der Waals surface area contributed by atoms with Gasteiger partial charge in [-0.25, -0.2) is 4.98 Å². The van der Waals surface area contributed by atoms with Gasteiger partial charge in [0, 0.05) is 28.9 Å². The van der Waals surface area contributed by atoms with Crippen LogP contribution in [0.5, 0.6) is 0 Å². The van der Waals surface area contributed by atoms with Crippen LogP contribution < -0.4 is 0 Å². The molecule has 0 aliphatic heterocycles. The van der Waals surface area contributed by atoms with E-state index in [4.69, 9.17) is 11.6 Å². The second-order valence-corrected chi connectivity index (χ2v) is 4.83. The summed E-state index contributed by atoms with van der Waals surface area (Å²) in [6.07, 6.45) is 3.45. The Morgan fingerprint density at radius 1 is 1.26 bits per heavy atom. The zero-order valence-corrected chi connectivity index (χ0v) is 11.0. The summed E-state index contributed by atoms with van der Waals surface area (Å²) in [6, 6.07) is 9.00. The van der Waals surface area contributed by atoms with Crippen molar-refractivity contribution in [2.45, 2.75) is 6.92 Å². The number of carbonyl (C=O) groups is 1. The number of halogens is 1. The van der Waals surface area contributed by atoms with Gasteiger partial charge < -0.3 is 4.98 Å². The van der Waals surface area contributed by atoms with Gasteiger partial charge in [0.2, 0.25) is 0 Å². The molecule has 0 saturated carbocycles. The van der Waals surface area contributed by atoms with Gasteiger partial charge in [0.15, 0.2) is 5.78 Å². The molecule has 0 aliphatic carbocycles. The number of fused-ring (bicyclic) bond motifs is 1. The molecule has 0 amide bonds. The molecule has 0 saturated heterocycles. The lowest BCUT2D eigenvalue weighted by molar-refractivity contribution is 0.104. The van der Waals surface area contributed by atoms with E-state index in [2.05, 4.69) is 9.97 Å². The predicted molar refractivity (Wildman–Crippen MR) is 75.7 cm³/mol. The number of benzene rings is 1. The van der Waals surface area contributed by atoms with Crippen LogP contribution in [-0.2, 0) is 0 Å². The molecule has 2 heterocycles. The third-order valence-electron chi connectivity index (χ3n) is 3.03. The van der Waals surface area contributed by atoms with E-state index < -0.39 is 0 Å². The van der Waals surface area contributed by atoms with Gasteiger partial charge in [-0.1, -0.05) is 23.7 Å². The minimum atomic E-state index is -0.0933. The third kappa shape index (κ3) is 2.02. The number of nitrogens with one attached hydrogen (secondary N) is 1. The summed E-state index contributed by atoms with van der Waals surface area (Å²) >= 11 is 6.07. The van der Waals surface area contributed by atoms with Crippen molar-refractivity contribution in [1.82, 2.24) is 9.97 Å². The Hall–Kier alpha value is -2.13. The van der Waals surface area contributed by atoms with E-state index in [1.54, 1.807) is 36.7 Å². The first-order valence-electron chi connectivity index (χ1n) is 5.90. The summed E-state index contributed by atoms with van der Waals surface area (Å²) in [5.74, 6) is -0.0933. The van der Waals surface area contributed by atoms with Gasteiger partial charge >= 0.3 is 0 Å². The summed E-state index contributed by atoms with van der Waals surface area (Å²) in [4.78, 5) is 19.8. The Morgan fingerprint density at radius 3 is 2.84 bits per heavy atom. The molecule has 4 heteroatoms. The minimum absolute atomic E-state index is 0.0933. The molecule has 3 rings (SSSR count). The lowest BCUT2D eigenvalue weighted by Gasteiger charge is -2.02. The number of aryl methyl sites for hydroxylation is 1. The van der Waals surface area contributed by atoms with E-state index in [1.807, 2.05) is 13.0 Å². The first-order valence-corrected chi connectivity index (χ1v) is 6.27. The molecule has 2 aromatic heterocycles. The van der Waals surface area contributed by atoms with Crippen molar-refractivity contribution in [3.63, 3.8) is 0 Å². The molecule has 19 heavy (non-hydrogen) atoms. The van der Waals surface area contributed by atoms with Crippen LogP contribution >= 0.6 is 11.6 Å². The Kier molecular flexibility index (Phi) is 2.84. The van der Waals surface area contributed by atoms with Gasteiger partial charge in [-0.05, 0) is 30.7 Å². The fourth-order valence-corrected chi connectivity index (χ4v) is 2.31. The molecule has 0 radical (unpaired) electrons. The summed E-state index contributed by atoms with van der Waals surface area (Å²) in [6.45, 7) is 1.95. The van der Waals surface area contributed by atoms with E-state index in [1.165, 1.54) is 0 Å². The quantitative estimate of drug-likeness (QED) is 0.721. The molecule has 0 aliphatic rings. The van der Waals surface area contributed by atoms with Crippen molar-refractivity contribution < 1.29 is 4.79 Å². The van der Waals surface area contributed by atoms with E-state index in [0.29, 0.717) is 21.8 Å². The number of nitrogens with zero attached hydrogens (tertiary/aromatic N) is 1. The van der Waals surface area contributed by atoms with E-state index in [9.17, 15) is 4.79 Å². The summed E-state index contributed by atoms with van der Waals surface area (Å²) in [5.41, 5.74) is 2.83. The van der Waals surface area contributed by atoms with E-state index in [0.717, 1.165) is 10.9 Å². The number of hydrogen-bond donors (Lipinski definition) is 1. The molecular weight excluding hydrogens is 260 g/mol. The summed E-state index contributed by atoms with van der Waals surface area (Å²) < 4.78 is 0. The van der Waals surface area contributed by atoms with Crippen molar-refractivity contribution in [2.75, 3.05) is 0 Å². The topological polar surface area (TPSA) is 45.8 Å². The van der Waals surface area contributed by atoms with Crippen LogP contribution in [0.4, 0.5) is 0 Å². The Bertz CT molecular complexity index is 777. The van der Waals surface area contributed by atoms with Crippen LogP contribution in [0.3, 0.4) is 0 Å².